The number of nitrogens with one attached hydrogen (secondary N) is 1. The molecule has 2 N–H and O–H groups in total. The Morgan fingerprint density at radius 1 is 1.24 bits per heavy atom. The lowest BCUT2D eigenvalue weighted by Gasteiger charge is -2.50. The van der Waals surface area contributed by atoms with E-state index in [1.54, 1.807) is 35.5 Å². The molecule has 2 aliphatic heterocycles. The van der Waals surface area contributed by atoms with Crippen LogP contribution in [-0.2, 0) is 26.3 Å². The maximum Gasteiger partial charge on any atom is 0.256 e. The van der Waals surface area contributed by atoms with E-state index < -0.39 is 11.6 Å². The minimum Gasteiger partial charge on any atom is -0.378 e. The number of ether oxygens (including phenoxy) is 1. The molecule has 8 heteroatoms. The van der Waals surface area contributed by atoms with Crippen molar-refractivity contribution < 1.29 is 19.4 Å². The van der Waals surface area contributed by atoms with Crippen LogP contribution in [0.3, 0.4) is 0 Å². The van der Waals surface area contributed by atoms with Crippen LogP contribution in [0.15, 0.2) is 36.7 Å². The summed E-state index contributed by atoms with van der Waals surface area (Å²) in [5, 5.41) is 10.5. The number of rotatable bonds is 4. The molecule has 29 heavy (non-hydrogen) atoms. The number of aromatic nitrogens is 2. The number of imidazole rings is 1. The fourth-order valence-corrected chi connectivity index (χ4v) is 4.60. The molecule has 0 saturated carbocycles. The second kappa shape index (κ2) is 7.96. The van der Waals surface area contributed by atoms with Gasteiger partial charge in [-0.2, -0.15) is 0 Å². The first-order chi connectivity index (χ1) is 14.1. The van der Waals surface area contributed by atoms with Crippen molar-refractivity contribution in [3.05, 3.63) is 53.6 Å². The van der Waals surface area contributed by atoms with Crippen LogP contribution in [0.25, 0.3) is 0 Å². The molecule has 8 nitrogen and oxygen atoms in total. The van der Waals surface area contributed by atoms with Crippen LogP contribution in [-0.4, -0.2) is 70.0 Å². The van der Waals surface area contributed by atoms with Gasteiger partial charge in [-0.05, 0) is 18.4 Å². The molecule has 1 atom stereocenters. The standard InChI is InChI=1S/C21H26N4O4/c1-29-13-17(26)25-10-7-16-19(23-14-22-16)21(25)8-11-24(12-9-21)20(28)18(27)15-5-3-2-4-6-15/h2-6,14,18,27H,7-13H2,1H3,(H,22,23)/t18-/m0/s1. The van der Waals surface area contributed by atoms with Crippen LogP contribution in [0.1, 0.15) is 35.9 Å². The number of carbonyl (C=O) groups excluding carboxylic acids is 2. The third kappa shape index (κ3) is 3.42. The molecule has 3 heterocycles. The van der Waals surface area contributed by atoms with Crippen LogP contribution in [0.5, 0.6) is 0 Å². The number of nitrogens with zero attached hydrogens (tertiary/aromatic N) is 3. The van der Waals surface area contributed by atoms with Crippen molar-refractivity contribution in [3.8, 4) is 0 Å². The summed E-state index contributed by atoms with van der Waals surface area (Å²) in [7, 11) is 1.51. The van der Waals surface area contributed by atoms with Gasteiger partial charge in [-0.15, -0.1) is 0 Å². The first-order valence-corrected chi connectivity index (χ1v) is 9.91. The quantitative estimate of drug-likeness (QED) is 0.800. The van der Waals surface area contributed by atoms with Crippen molar-refractivity contribution in [2.45, 2.75) is 30.9 Å². The number of aliphatic hydroxyl groups is 1. The highest BCUT2D eigenvalue weighted by atomic mass is 16.5. The minimum atomic E-state index is -1.18. The Morgan fingerprint density at radius 3 is 2.66 bits per heavy atom. The van der Waals surface area contributed by atoms with Crippen LogP contribution >= 0.6 is 0 Å². The Kier molecular flexibility index (Phi) is 5.38. The minimum absolute atomic E-state index is 0.0247. The van der Waals surface area contributed by atoms with E-state index in [-0.39, 0.29) is 18.4 Å². The molecule has 0 radical (unpaired) electrons. The largest absolute Gasteiger partial charge is 0.378 e. The molecule has 1 spiro atoms. The van der Waals surface area contributed by atoms with Gasteiger partial charge in [0.1, 0.15) is 6.61 Å². The van der Waals surface area contributed by atoms with Gasteiger partial charge in [-0.25, -0.2) is 4.98 Å². The van der Waals surface area contributed by atoms with E-state index >= 15 is 0 Å². The van der Waals surface area contributed by atoms with Crippen LogP contribution in [0.4, 0.5) is 0 Å². The van der Waals surface area contributed by atoms with Crippen molar-refractivity contribution in [2.24, 2.45) is 0 Å². The third-order valence-corrected chi connectivity index (χ3v) is 6.08. The maximum atomic E-state index is 12.8. The van der Waals surface area contributed by atoms with E-state index in [0.717, 1.165) is 17.8 Å². The maximum absolute atomic E-state index is 12.8. The van der Waals surface area contributed by atoms with E-state index in [0.29, 0.717) is 38.0 Å². The van der Waals surface area contributed by atoms with Gasteiger partial charge in [-0.3, -0.25) is 9.59 Å². The molecule has 1 aromatic heterocycles. The van der Waals surface area contributed by atoms with E-state index in [1.165, 1.54) is 7.11 Å². The summed E-state index contributed by atoms with van der Waals surface area (Å²) in [5.41, 5.74) is 1.99. The van der Waals surface area contributed by atoms with Gasteiger partial charge in [0, 0.05) is 38.9 Å². The number of methoxy groups -OCH3 is 1. The van der Waals surface area contributed by atoms with Gasteiger partial charge in [0.05, 0.1) is 17.6 Å². The van der Waals surface area contributed by atoms with Gasteiger partial charge in [0.2, 0.25) is 5.91 Å². The fraction of sp³-hybridized carbons (Fsp3) is 0.476. The van der Waals surface area contributed by atoms with Gasteiger partial charge in [0.15, 0.2) is 6.10 Å². The molecule has 0 aliphatic carbocycles. The van der Waals surface area contributed by atoms with Crippen molar-refractivity contribution in [1.82, 2.24) is 19.8 Å². The normalized spacial score (nSPS) is 19.1. The number of hydrogen-bond acceptors (Lipinski definition) is 5. The number of benzene rings is 1. The molecule has 2 amide bonds. The number of fused-ring (bicyclic) bond motifs is 2. The molecule has 2 aromatic rings. The number of H-pyrrole nitrogens is 1. The van der Waals surface area contributed by atoms with Gasteiger partial charge in [0.25, 0.3) is 5.91 Å². The molecule has 1 saturated heterocycles. The predicted octanol–water partition coefficient (Wildman–Crippen LogP) is 0.992. The van der Waals surface area contributed by atoms with Crippen molar-refractivity contribution in [3.63, 3.8) is 0 Å². The lowest BCUT2D eigenvalue weighted by Crippen LogP contribution is -2.59. The molecule has 1 fully saturated rings. The Bertz CT molecular complexity index is 874. The van der Waals surface area contributed by atoms with Crippen LogP contribution in [0, 0.1) is 0 Å². The number of piperidine rings is 1. The van der Waals surface area contributed by atoms with Crippen molar-refractivity contribution >= 4 is 11.8 Å². The number of aromatic amines is 1. The highest BCUT2D eigenvalue weighted by Gasteiger charge is 2.49. The number of amides is 2. The Labute approximate surface area is 169 Å². The van der Waals surface area contributed by atoms with Crippen molar-refractivity contribution in [2.75, 3.05) is 33.4 Å². The zero-order valence-electron chi connectivity index (χ0n) is 16.5. The summed E-state index contributed by atoms with van der Waals surface area (Å²) in [6, 6.07) is 8.95. The van der Waals surface area contributed by atoms with E-state index in [2.05, 4.69) is 9.97 Å². The molecular weight excluding hydrogens is 372 g/mol. The van der Waals surface area contributed by atoms with Gasteiger partial charge < -0.3 is 24.6 Å². The van der Waals surface area contributed by atoms with E-state index in [1.807, 2.05) is 11.0 Å². The molecule has 0 unspecified atom stereocenters. The number of likely N-dealkylation sites (tertiary alicyclic amines) is 1. The molecular formula is C21H26N4O4. The van der Waals surface area contributed by atoms with Gasteiger partial charge in [-0.1, -0.05) is 30.3 Å². The topological polar surface area (TPSA) is 98.8 Å². The highest BCUT2D eigenvalue weighted by molar-refractivity contribution is 5.82. The average Bonchev–Trinajstić information content (AvgIpc) is 3.24. The second-order valence-corrected chi connectivity index (χ2v) is 7.63. The highest BCUT2D eigenvalue weighted by Crippen LogP contribution is 2.42. The van der Waals surface area contributed by atoms with Gasteiger partial charge >= 0.3 is 0 Å². The summed E-state index contributed by atoms with van der Waals surface area (Å²) in [5.74, 6) is -0.371. The molecule has 0 bridgehead atoms. The first kappa shape index (κ1) is 19.6. The Morgan fingerprint density at radius 2 is 1.97 bits per heavy atom. The molecule has 154 valence electrons. The summed E-state index contributed by atoms with van der Waals surface area (Å²) in [6.07, 6.45) is 2.37. The summed E-state index contributed by atoms with van der Waals surface area (Å²) < 4.78 is 5.08. The zero-order valence-corrected chi connectivity index (χ0v) is 16.5. The SMILES string of the molecule is COCC(=O)N1CCc2[nH]cnc2C12CCN(C(=O)[C@@H](O)c1ccccc1)CC2. The Balaban J connectivity index is 1.54. The zero-order chi connectivity index (χ0) is 20.4. The van der Waals surface area contributed by atoms with E-state index in [9.17, 15) is 14.7 Å². The first-order valence-electron chi connectivity index (χ1n) is 9.91. The molecule has 4 rings (SSSR count). The number of hydrogen-bond donors (Lipinski definition) is 2. The second-order valence-electron chi connectivity index (χ2n) is 7.63. The monoisotopic (exact) mass is 398 g/mol. The average molecular weight is 398 g/mol. The summed E-state index contributed by atoms with van der Waals surface area (Å²) >= 11 is 0. The smallest absolute Gasteiger partial charge is 0.256 e. The van der Waals surface area contributed by atoms with Crippen LogP contribution in [0.2, 0.25) is 0 Å². The van der Waals surface area contributed by atoms with Crippen molar-refractivity contribution in [1.29, 1.82) is 0 Å². The molecule has 2 aliphatic rings. The number of aliphatic hydroxyl groups excluding tert-OH is 1. The Hall–Kier alpha value is -2.71. The third-order valence-electron chi connectivity index (χ3n) is 6.08. The summed E-state index contributed by atoms with van der Waals surface area (Å²) in [6.45, 7) is 1.52. The number of carbonyl (C=O) groups is 2. The fourth-order valence-electron chi connectivity index (χ4n) is 4.60. The predicted molar refractivity (Wildman–Crippen MR) is 105 cm³/mol. The molecule has 1 aromatic carbocycles. The lowest BCUT2D eigenvalue weighted by atomic mass is 9.78. The lowest BCUT2D eigenvalue weighted by molar-refractivity contribution is -0.150. The van der Waals surface area contributed by atoms with Crippen LogP contribution < -0.4 is 0 Å². The summed E-state index contributed by atoms with van der Waals surface area (Å²) in [4.78, 5) is 36.9. The van der Waals surface area contributed by atoms with E-state index in [4.69, 9.17) is 4.74 Å².